The van der Waals surface area contributed by atoms with Gasteiger partial charge in [0.25, 0.3) is 0 Å². The van der Waals surface area contributed by atoms with Crippen LogP contribution in [0.15, 0.2) is 29.7 Å². The lowest BCUT2D eigenvalue weighted by Crippen LogP contribution is -2.31. The lowest BCUT2D eigenvalue weighted by Gasteiger charge is -2.28. The van der Waals surface area contributed by atoms with Crippen LogP contribution in [0.4, 0.5) is 0 Å². The van der Waals surface area contributed by atoms with Crippen molar-refractivity contribution in [3.8, 4) is 5.88 Å². The number of sulfone groups is 1. The smallest absolute Gasteiger partial charge is 0.246 e. The van der Waals surface area contributed by atoms with Gasteiger partial charge in [-0.15, -0.1) is 0 Å². The van der Waals surface area contributed by atoms with E-state index in [1.807, 2.05) is 19.1 Å². The summed E-state index contributed by atoms with van der Waals surface area (Å²) in [5.41, 5.74) is 2.82. The van der Waals surface area contributed by atoms with Gasteiger partial charge in [-0.25, -0.2) is 23.4 Å². The van der Waals surface area contributed by atoms with Gasteiger partial charge >= 0.3 is 0 Å². The predicted molar refractivity (Wildman–Crippen MR) is 88.4 cm³/mol. The van der Waals surface area contributed by atoms with E-state index in [4.69, 9.17) is 4.74 Å². The molecule has 3 heterocycles. The molecule has 0 saturated carbocycles. The molecular formula is C16H20N4O3S. The minimum atomic E-state index is -3.37. The van der Waals surface area contributed by atoms with Crippen molar-refractivity contribution in [3.63, 3.8) is 0 Å². The molecule has 0 atom stereocenters. The third kappa shape index (κ3) is 3.70. The highest BCUT2D eigenvalue weighted by Gasteiger charge is 2.22. The van der Waals surface area contributed by atoms with Crippen LogP contribution < -0.4 is 4.74 Å². The lowest BCUT2D eigenvalue weighted by atomic mass is 10.1. The molecule has 7 nitrogen and oxygen atoms in total. The summed E-state index contributed by atoms with van der Waals surface area (Å²) >= 11 is 0. The van der Waals surface area contributed by atoms with Gasteiger partial charge in [0.2, 0.25) is 20.9 Å². The SMILES string of the molecule is CCOc1ncccc1CN1CCc2nc(S(C)(=O)=O)ncc2C1. The van der Waals surface area contributed by atoms with Crippen molar-refractivity contribution in [1.82, 2.24) is 19.9 Å². The highest BCUT2D eigenvalue weighted by Crippen LogP contribution is 2.22. The maximum Gasteiger partial charge on any atom is 0.246 e. The Morgan fingerprint density at radius 1 is 1.33 bits per heavy atom. The molecular weight excluding hydrogens is 328 g/mol. The fourth-order valence-electron chi connectivity index (χ4n) is 2.72. The maximum atomic E-state index is 11.6. The molecule has 0 unspecified atom stereocenters. The summed E-state index contributed by atoms with van der Waals surface area (Å²) in [5.74, 6) is 0.662. The number of hydrogen-bond donors (Lipinski definition) is 0. The Bertz CT molecular complexity index is 839. The van der Waals surface area contributed by atoms with Crippen molar-refractivity contribution in [1.29, 1.82) is 0 Å². The van der Waals surface area contributed by atoms with Gasteiger partial charge in [0.05, 0.1) is 12.3 Å². The maximum absolute atomic E-state index is 11.6. The van der Waals surface area contributed by atoms with E-state index in [0.717, 1.165) is 36.2 Å². The minimum absolute atomic E-state index is 0.0967. The van der Waals surface area contributed by atoms with Crippen molar-refractivity contribution in [2.75, 3.05) is 19.4 Å². The quantitative estimate of drug-likeness (QED) is 0.751. The van der Waals surface area contributed by atoms with E-state index in [-0.39, 0.29) is 5.16 Å². The van der Waals surface area contributed by atoms with Gasteiger partial charge in [0, 0.05) is 55.8 Å². The summed E-state index contributed by atoms with van der Waals surface area (Å²) in [7, 11) is -3.37. The van der Waals surface area contributed by atoms with E-state index in [0.29, 0.717) is 25.5 Å². The number of fused-ring (bicyclic) bond motifs is 1. The molecule has 0 fully saturated rings. The molecule has 0 aromatic carbocycles. The fourth-order valence-corrected chi connectivity index (χ4v) is 3.24. The molecule has 0 bridgehead atoms. The van der Waals surface area contributed by atoms with Gasteiger partial charge in [-0.3, -0.25) is 4.90 Å². The highest BCUT2D eigenvalue weighted by molar-refractivity contribution is 7.90. The first-order valence-electron chi connectivity index (χ1n) is 7.81. The van der Waals surface area contributed by atoms with Gasteiger partial charge in [-0.05, 0) is 13.0 Å². The van der Waals surface area contributed by atoms with E-state index < -0.39 is 9.84 Å². The summed E-state index contributed by atoms with van der Waals surface area (Å²) < 4.78 is 28.7. The average Bonchev–Trinajstić information content (AvgIpc) is 2.55. The first-order valence-corrected chi connectivity index (χ1v) is 9.70. The molecule has 0 saturated heterocycles. The Balaban J connectivity index is 1.76. The average molecular weight is 348 g/mol. The molecule has 24 heavy (non-hydrogen) atoms. The molecule has 0 N–H and O–H groups in total. The topological polar surface area (TPSA) is 85.3 Å². The Morgan fingerprint density at radius 2 is 2.17 bits per heavy atom. The third-order valence-electron chi connectivity index (χ3n) is 3.85. The summed E-state index contributed by atoms with van der Waals surface area (Å²) in [6, 6.07) is 3.91. The largest absolute Gasteiger partial charge is 0.478 e. The zero-order chi connectivity index (χ0) is 17.2. The van der Waals surface area contributed by atoms with E-state index >= 15 is 0 Å². The van der Waals surface area contributed by atoms with E-state index in [2.05, 4.69) is 19.9 Å². The van der Waals surface area contributed by atoms with Gasteiger partial charge in [0.15, 0.2) is 0 Å². The zero-order valence-electron chi connectivity index (χ0n) is 13.8. The molecule has 128 valence electrons. The first-order chi connectivity index (χ1) is 11.5. The van der Waals surface area contributed by atoms with E-state index in [9.17, 15) is 8.42 Å². The molecule has 1 aliphatic rings. The normalized spacial score (nSPS) is 15.1. The molecule has 0 amide bonds. The number of pyridine rings is 1. The van der Waals surface area contributed by atoms with Crippen molar-refractivity contribution in [2.24, 2.45) is 0 Å². The van der Waals surface area contributed by atoms with Gasteiger partial charge in [-0.2, -0.15) is 0 Å². The molecule has 1 aliphatic heterocycles. The van der Waals surface area contributed by atoms with Gasteiger partial charge in [-0.1, -0.05) is 6.07 Å². The number of hydrogen-bond acceptors (Lipinski definition) is 7. The summed E-state index contributed by atoms with van der Waals surface area (Å²) in [5, 5.41) is -0.0967. The van der Waals surface area contributed by atoms with Crippen molar-refractivity contribution >= 4 is 9.84 Å². The molecule has 0 aliphatic carbocycles. The number of ether oxygens (including phenoxy) is 1. The number of nitrogens with zero attached hydrogens (tertiary/aromatic N) is 4. The van der Waals surface area contributed by atoms with Crippen LogP contribution in [0.2, 0.25) is 0 Å². The van der Waals surface area contributed by atoms with Gasteiger partial charge in [0.1, 0.15) is 0 Å². The third-order valence-corrected chi connectivity index (χ3v) is 4.71. The Kier molecular flexibility index (Phi) is 4.77. The molecule has 8 heteroatoms. The van der Waals surface area contributed by atoms with E-state index in [1.54, 1.807) is 12.4 Å². The van der Waals surface area contributed by atoms with Crippen LogP contribution in [-0.2, 0) is 29.3 Å². The standard InChI is InChI=1S/C16H20N4O3S/c1-3-23-15-12(5-4-7-17-15)10-20-8-6-14-13(11-20)9-18-16(19-14)24(2,21)22/h4-5,7,9H,3,6,8,10-11H2,1-2H3. The van der Waals surface area contributed by atoms with Crippen molar-refractivity contribution < 1.29 is 13.2 Å². The van der Waals surface area contributed by atoms with Crippen LogP contribution in [0, 0.1) is 0 Å². The van der Waals surface area contributed by atoms with E-state index in [1.165, 1.54) is 0 Å². The Hall–Kier alpha value is -2.06. The highest BCUT2D eigenvalue weighted by atomic mass is 32.2. The molecule has 3 rings (SSSR count). The fraction of sp³-hybridized carbons (Fsp3) is 0.438. The second kappa shape index (κ2) is 6.82. The summed E-state index contributed by atoms with van der Waals surface area (Å²) in [4.78, 5) is 14.7. The van der Waals surface area contributed by atoms with Crippen molar-refractivity contribution in [3.05, 3.63) is 41.3 Å². The van der Waals surface area contributed by atoms with Crippen LogP contribution in [0.1, 0.15) is 23.7 Å². The number of aromatic nitrogens is 3. The second-order valence-electron chi connectivity index (χ2n) is 5.76. The monoisotopic (exact) mass is 348 g/mol. The Morgan fingerprint density at radius 3 is 2.92 bits per heavy atom. The predicted octanol–water partition coefficient (Wildman–Crippen LogP) is 1.23. The number of rotatable bonds is 5. The summed E-state index contributed by atoms with van der Waals surface area (Å²) in [6.45, 7) is 4.71. The van der Waals surface area contributed by atoms with Crippen LogP contribution in [0.5, 0.6) is 5.88 Å². The molecule has 2 aromatic heterocycles. The molecule has 0 spiro atoms. The molecule has 2 aromatic rings. The van der Waals surface area contributed by atoms with Crippen LogP contribution in [0.3, 0.4) is 0 Å². The zero-order valence-corrected chi connectivity index (χ0v) is 14.6. The second-order valence-corrected chi connectivity index (χ2v) is 7.67. The van der Waals surface area contributed by atoms with Gasteiger partial charge < -0.3 is 4.74 Å². The van der Waals surface area contributed by atoms with Crippen molar-refractivity contribution in [2.45, 2.75) is 31.6 Å². The minimum Gasteiger partial charge on any atom is -0.478 e. The summed E-state index contributed by atoms with van der Waals surface area (Å²) in [6.07, 6.45) is 5.17. The van der Waals surface area contributed by atoms with Crippen LogP contribution in [-0.4, -0.2) is 47.7 Å². The lowest BCUT2D eigenvalue weighted by molar-refractivity contribution is 0.234. The Labute approximate surface area is 141 Å². The van der Waals surface area contributed by atoms with Crippen LogP contribution >= 0.6 is 0 Å². The molecule has 0 radical (unpaired) electrons. The first kappa shape index (κ1) is 16.8. The van der Waals surface area contributed by atoms with Crippen LogP contribution in [0.25, 0.3) is 0 Å².